The SMILES string of the molecule is CCOC(=O)C[C@@H](NC(=O)N1CCc2c(c(C(=O)N3CCOCC3)nn2C)C1)c1ccccc1. The number of ether oxygens (including phenoxy) is 2. The Hall–Kier alpha value is -3.40. The van der Waals surface area contributed by atoms with Crippen LogP contribution in [0.1, 0.15) is 46.7 Å². The fourth-order valence-corrected chi connectivity index (χ4v) is 4.42. The van der Waals surface area contributed by atoms with Gasteiger partial charge < -0.3 is 24.6 Å². The molecule has 1 aromatic heterocycles. The molecule has 1 saturated heterocycles. The number of fused-ring (bicyclic) bond motifs is 1. The maximum atomic E-state index is 13.2. The summed E-state index contributed by atoms with van der Waals surface area (Å²) in [6.45, 7) is 4.88. The Balaban J connectivity index is 1.50. The number of nitrogens with one attached hydrogen (secondary N) is 1. The molecule has 1 N–H and O–H groups in total. The molecule has 0 radical (unpaired) electrons. The maximum Gasteiger partial charge on any atom is 0.318 e. The Kier molecular flexibility index (Phi) is 7.46. The van der Waals surface area contributed by atoms with Crippen molar-refractivity contribution in [1.29, 1.82) is 0 Å². The molecule has 3 amide bonds. The molecule has 34 heavy (non-hydrogen) atoms. The van der Waals surface area contributed by atoms with Gasteiger partial charge in [-0.15, -0.1) is 0 Å². The second-order valence-electron chi connectivity index (χ2n) is 8.40. The van der Waals surface area contributed by atoms with Crippen LogP contribution in [0.15, 0.2) is 30.3 Å². The summed E-state index contributed by atoms with van der Waals surface area (Å²) in [6, 6.07) is 8.55. The van der Waals surface area contributed by atoms with E-state index in [-0.39, 0.29) is 37.5 Å². The van der Waals surface area contributed by atoms with Crippen molar-refractivity contribution in [1.82, 2.24) is 24.9 Å². The summed E-state index contributed by atoms with van der Waals surface area (Å²) in [5, 5.41) is 7.48. The summed E-state index contributed by atoms with van der Waals surface area (Å²) in [7, 11) is 1.83. The van der Waals surface area contributed by atoms with Crippen molar-refractivity contribution in [3.63, 3.8) is 0 Å². The average molecular weight is 470 g/mol. The third-order valence-corrected chi connectivity index (χ3v) is 6.21. The molecule has 2 aliphatic heterocycles. The van der Waals surface area contributed by atoms with E-state index in [1.165, 1.54) is 0 Å². The summed E-state index contributed by atoms with van der Waals surface area (Å²) in [5.74, 6) is -0.505. The van der Waals surface area contributed by atoms with E-state index < -0.39 is 6.04 Å². The van der Waals surface area contributed by atoms with Gasteiger partial charge in [0.1, 0.15) is 0 Å². The molecule has 2 aliphatic rings. The number of urea groups is 1. The molecule has 0 spiro atoms. The van der Waals surface area contributed by atoms with Gasteiger partial charge in [0.15, 0.2) is 5.69 Å². The summed E-state index contributed by atoms with van der Waals surface area (Å²) in [5.41, 5.74) is 2.96. The van der Waals surface area contributed by atoms with E-state index in [2.05, 4.69) is 10.4 Å². The monoisotopic (exact) mass is 469 g/mol. The summed E-state index contributed by atoms with van der Waals surface area (Å²) in [4.78, 5) is 42.0. The predicted molar refractivity (Wildman–Crippen MR) is 123 cm³/mol. The standard InChI is InChI=1S/C24H31N5O5/c1-3-34-21(30)15-19(17-7-5-4-6-8-17)25-24(32)29-10-9-20-18(16-29)22(26-27(20)2)23(31)28-11-13-33-14-12-28/h4-8,19H,3,9-16H2,1-2H3,(H,25,32)/t19-/m1/s1. The Morgan fingerprint density at radius 1 is 1.12 bits per heavy atom. The lowest BCUT2D eigenvalue weighted by atomic mass is 10.0. The molecule has 4 rings (SSSR count). The third kappa shape index (κ3) is 5.22. The first kappa shape index (κ1) is 23.7. The number of hydrogen-bond acceptors (Lipinski definition) is 6. The van der Waals surface area contributed by atoms with Crippen molar-refractivity contribution in [2.24, 2.45) is 7.05 Å². The van der Waals surface area contributed by atoms with Gasteiger partial charge in [0.05, 0.1) is 38.8 Å². The van der Waals surface area contributed by atoms with Gasteiger partial charge in [-0.3, -0.25) is 14.3 Å². The molecule has 2 aromatic rings. The minimum atomic E-state index is -0.516. The average Bonchev–Trinajstić information content (AvgIpc) is 3.20. The Labute approximate surface area is 198 Å². The van der Waals surface area contributed by atoms with Crippen molar-refractivity contribution in [2.45, 2.75) is 32.4 Å². The molecule has 10 heteroatoms. The highest BCUT2D eigenvalue weighted by atomic mass is 16.5. The minimum absolute atomic E-state index is 0.0380. The molecular weight excluding hydrogens is 438 g/mol. The maximum absolute atomic E-state index is 13.2. The van der Waals surface area contributed by atoms with E-state index >= 15 is 0 Å². The van der Waals surface area contributed by atoms with Crippen LogP contribution in [0.3, 0.4) is 0 Å². The lowest BCUT2D eigenvalue weighted by Crippen LogP contribution is -2.45. The van der Waals surface area contributed by atoms with Gasteiger partial charge in [-0.25, -0.2) is 4.79 Å². The van der Waals surface area contributed by atoms with Crippen LogP contribution >= 0.6 is 0 Å². The second kappa shape index (κ2) is 10.7. The number of morpholine rings is 1. The lowest BCUT2D eigenvalue weighted by Gasteiger charge is -2.30. The van der Waals surface area contributed by atoms with E-state index in [4.69, 9.17) is 9.47 Å². The highest BCUT2D eigenvalue weighted by molar-refractivity contribution is 5.94. The van der Waals surface area contributed by atoms with Crippen LogP contribution in [-0.4, -0.2) is 76.9 Å². The first-order valence-corrected chi connectivity index (χ1v) is 11.7. The number of carbonyl (C=O) groups excluding carboxylic acids is 3. The number of nitrogens with zero attached hydrogens (tertiary/aromatic N) is 4. The Morgan fingerprint density at radius 2 is 1.85 bits per heavy atom. The molecule has 10 nitrogen and oxygen atoms in total. The second-order valence-corrected chi connectivity index (χ2v) is 8.40. The van der Waals surface area contributed by atoms with Gasteiger partial charge in [-0.2, -0.15) is 5.10 Å². The molecule has 1 aromatic carbocycles. The van der Waals surface area contributed by atoms with E-state index in [0.717, 1.165) is 16.8 Å². The van der Waals surface area contributed by atoms with Gasteiger partial charge >= 0.3 is 12.0 Å². The minimum Gasteiger partial charge on any atom is -0.466 e. The van der Waals surface area contributed by atoms with Crippen LogP contribution in [0.5, 0.6) is 0 Å². The number of aromatic nitrogens is 2. The van der Waals surface area contributed by atoms with Gasteiger partial charge in [-0.1, -0.05) is 30.3 Å². The number of hydrogen-bond donors (Lipinski definition) is 1. The van der Waals surface area contributed by atoms with Gasteiger partial charge in [0, 0.05) is 44.4 Å². The van der Waals surface area contributed by atoms with Crippen molar-refractivity contribution in [3.8, 4) is 0 Å². The largest absolute Gasteiger partial charge is 0.466 e. The number of benzene rings is 1. The zero-order valence-electron chi connectivity index (χ0n) is 19.7. The molecule has 0 saturated carbocycles. The summed E-state index contributed by atoms with van der Waals surface area (Å²) in [6.07, 6.45) is 0.632. The Bertz CT molecular complexity index is 1030. The smallest absolute Gasteiger partial charge is 0.318 e. The fourth-order valence-electron chi connectivity index (χ4n) is 4.42. The van der Waals surface area contributed by atoms with Crippen molar-refractivity contribution in [2.75, 3.05) is 39.5 Å². The van der Waals surface area contributed by atoms with Crippen molar-refractivity contribution >= 4 is 17.9 Å². The van der Waals surface area contributed by atoms with Gasteiger partial charge in [0.2, 0.25) is 0 Å². The molecule has 0 aliphatic carbocycles. The van der Waals surface area contributed by atoms with Crippen LogP contribution in [0.2, 0.25) is 0 Å². The Morgan fingerprint density at radius 3 is 2.56 bits per heavy atom. The molecule has 0 unspecified atom stereocenters. The lowest BCUT2D eigenvalue weighted by molar-refractivity contribution is -0.143. The topological polar surface area (TPSA) is 106 Å². The zero-order chi connectivity index (χ0) is 24.1. The number of amides is 3. The first-order valence-electron chi connectivity index (χ1n) is 11.7. The number of esters is 1. The molecule has 0 bridgehead atoms. The molecule has 1 atom stereocenters. The molecule has 1 fully saturated rings. The third-order valence-electron chi connectivity index (χ3n) is 6.21. The normalized spacial score (nSPS) is 16.5. The number of carbonyl (C=O) groups is 3. The summed E-state index contributed by atoms with van der Waals surface area (Å²) < 4.78 is 12.2. The molecular formula is C24H31N5O5. The van der Waals surface area contributed by atoms with Gasteiger partial charge in [-0.05, 0) is 12.5 Å². The van der Waals surface area contributed by atoms with Gasteiger partial charge in [0.25, 0.3) is 5.91 Å². The van der Waals surface area contributed by atoms with Crippen LogP contribution in [-0.2, 0) is 34.3 Å². The zero-order valence-corrected chi connectivity index (χ0v) is 19.7. The number of aryl methyl sites for hydroxylation is 1. The fraction of sp³-hybridized carbons (Fsp3) is 0.500. The quantitative estimate of drug-likeness (QED) is 0.645. The van der Waals surface area contributed by atoms with E-state index in [9.17, 15) is 14.4 Å². The first-order chi connectivity index (χ1) is 16.5. The van der Waals surface area contributed by atoms with Crippen LogP contribution in [0, 0.1) is 0 Å². The van der Waals surface area contributed by atoms with Crippen molar-refractivity contribution < 1.29 is 23.9 Å². The van der Waals surface area contributed by atoms with Crippen LogP contribution < -0.4 is 5.32 Å². The molecule has 3 heterocycles. The van der Waals surface area contributed by atoms with E-state index in [1.54, 1.807) is 21.4 Å². The van der Waals surface area contributed by atoms with Crippen molar-refractivity contribution in [3.05, 3.63) is 52.8 Å². The predicted octanol–water partition coefficient (Wildman–Crippen LogP) is 1.65. The highest BCUT2D eigenvalue weighted by Crippen LogP contribution is 2.25. The van der Waals surface area contributed by atoms with E-state index in [0.29, 0.717) is 45.0 Å². The number of rotatable bonds is 6. The summed E-state index contributed by atoms with van der Waals surface area (Å²) >= 11 is 0. The van der Waals surface area contributed by atoms with E-state index in [1.807, 2.05) is 37.4 Å². The van der Waals surface area contributed by atoms with Crippen LogP contribution in [0.4, 0.5) is 4.79 Å². The van der Waals surface area contributed by atoms with Crippen LogP contribution in [0.25, 0.3) is 0 Å². The molecule has 182 valence electrons. The highest BCUT2D eigenvalue weighted by Gasteiger charge is 2.32.